The second-order valence-corrected chi connectivity index (χ2v) is 7.19. The summed E-state index contributed by atoms with van der Waals surface area (Å²) in [4.78, 5) is 24.3. The number of hydrogen-bond acceptors (Lipinski definition) is 7. The van der Waals surface area contributed by atoms with Gasteiger partial charge in [0.1, 0.15) is 10.9 Å². The third-order valence-electron chi connectivity index (χ3n) is 4.52. The van der Waals surface area contributed by atoms with E-state index in [2.05, 4.69) is 15.1 Å². The molecule has 3 aromatic rings. The summed E-state index contributed by atoms with van der Waals surface area (Å²) >= 11 is 1.24. The van der Waals surface area contributed by atoms with Crippen molar-refractivity contribution in [2.24, 2.45) is 0 Å². The maximum atomic E-state index is 13.1. The first kappa shape index (κ1) is 16.7. The van der Waals surface area contributed by atoms with Crippen molar-refractivity contribution in [1.82, 2.24) is 20.0 Å². The van der Waals surface area contributed by atoms with Crippen LogP contribution >= 0.6 is 11.3 Å². The van der Waals surface area contributed by atoms with E-state index in [1.165, 1.54) is 11.3 Å². The van der Waals surface area contributed by atoms with Crippen LogP contribution in [0.5, 0.6) is 0 Å². The number of carbonyl (C=O) groups excluding carboxylic acids is 1. The molecule has 1 fully saturated rings. The molecular weight excluding hydrogens is 350 g/mol. The van der Waals surface area contributed by atoms with E-state index in [9.17, 15) is 4.79 Å². The zero-order chi connectivity index (χ0) is 18.1. The van der Waals surface area contributed by atoms with E-state index in [1.54, 1.807) is 4.90 Å². The van der Waals surface area contributed by atoms with Gasteiger partial charge in [-0.15, -0.1) is 0 Å². The molecule has 7 nitrogen and oxygen atoms in total. The lowest BCUT2D eigenvalue weighted by molar-refractivity contribution is 0.0713. The molecule has 0 bridgehead atoms. The largest absolute Gasteiger partial charge is 0.375 e. The number of aryl methyl sites for hydroxylation is 1. The van der Waals surface area contributed by atoms with Gasteiger partial charge < -0.3 is 15.2 Å². The van der Waals surface area contributed by atoms with E-state index in [1.807, 2.05) is 37.3 Å². The van der Waals surface area contributed by atoms with Crippen molar-refractivity contribution in [3.63, 3.8) is 0 Å². The number of aromatic nitrogens is 3. The number of amides is 1. The van der Waals surface area contributed by atoms with E-state index >= 15 is 0 Å². The average molecular weight is 369 g/mol. The van der Waals surface area contributed by atoms with Crippen molar-refractivity contribution < 1.29 is 9.32 Å². The zero-order valence-electron chi connectivity index (χ0n) is 14.4. The second-order valence-electron chi connectivity index (χ2n) is 6.16. The van der Waals surface area contributed by atoms with Crippen LogP contribution < -0.4 is 5.73 Å². The van der Waals surface area contributed by atoms with E-state index in [4.69, 9.17) is 10.3 Å². The van der Waals surface area contributed by atoms with Crippen molar-refractivity contribution >= 4 is 22.4 Å². The van der Waals surface area contributed by atoms with Crippen molar-refractivity contribution in [3.8, 4) is 11.4 Å². The minimum Gasteiger partial charge on any atom is -0.375 e. The SMILES string of the molecule is CCc1nc(N)sc1C(=O)N1CCC[C@H]1c1nc(-c2ccccc2)no1. The molecule has 0 spiro atoms. The number of rotatable bonds is 4. The summed E-state index contributed by atoms with van der Waals surface area (Å²) in [6, 6.07) is 9.45. The summed E-state index contributed by atoms with van der Waals surface area (Å²) in [5, 5.41) is 4.50. The number of hydrogen-bond donors (Lipinski definition) is 1. The predicted octanol–water partition coefficient (Wildman–Crippen LogP) is 3.32. The van der Waals surface area contributed by atoms with Crippen LogP contribution in [0.2, 0.25) is 0 Å². The maximum Gasteiger partial charge on any atom is 0.266 e. The standard InChI is InChI=1S/C18H19N5O2S/c1-2-12-14(26-18(19)20-12)17(24)23-10-6-9-13(23)16-21-15(22-25-16)11-7-4-3-5-8-11/h3-5,7-8,13H,2,6,9-10H2,1H3,(H2,19,20)/t13-/m0/s1. The number of thiazole rings is 1. The van der Waals surface area contributed by atoms with Crippen LogP contribution in [-0.4, -0.2) is 32.5 Å². The molecule has 1 amide bonds. The summed E-state index contributed by atoms with van der Waals surface area (Å²) in [5.41, 5.74) is 7.44. The average Bonchev–Trinajstić information content (AvgIpc) is 3.40. The molecule has 1 aliphatic heterocycles. The molecule has 4 rings (SSSR count). The molecule has 26 heavy (non-hydrogen) atoms. The molecule has 1 atom stereocenters. The van der Waals surface area contributed by atoms with Crippen molar-refractivity contribution in [2.75, 3.05) is 12.3 Å². The lowest BCUT2D eigenvalue weighted by Crippen LogP contribution is -2.30. The Hall–Kier alpha value is -2.74. The predicted molar refractivity (Wildman–Crippen MR) is 98.6 cm³/mol. The lowest BCUT2D eigenvalue weighted by Gasteiger charge is -2.21. The minimum atomic E-state index is -0.208. The molecule has 2 N–H and O–H groups in total. The van der Waals surface area contributed by atoms with Gasteiger partial charge in [0.05, 0.1) is 5.69 Å². The van der Waals surface area contributed by atoms with Gasteiger partial charge in [-0.25, -0.2) is 4.98 Å². The van der Waals surface area contributed by atoms with Crippen LogP contribution in [0.4, 0.5) is 5.13 Å². The second kappa shape index (κ2) is 6.87. The van der Waals surface area contributed by atoms with Crippen molar-refractivity contribution in [2.45, 2.75) is 32.2 Å². The fraction of sp³-hybridized carbons (Fsp3) is 0.333. The summed E-state index contributed by atoms with van der Waals surface area (Å²) in [6.45, 7) is 2.63. The van der Waals surface area contributed by atoms with Gasteiger partial charge in [0.15, 0.2) is 5.13 Å². The fourth-order valence-corrected chi connectivity index (χ4v) is 4.13. The first-order chi connectivity index (χ1) is 12.7. The van der Waals surface area contributed by atoms with E-state index in [-0.39, 0.29) is 11.9 Å². The minimum absolute atomic E-state index is 0.0574. The molecule has 1 saturated heterocycles. The molecule has 0 radical (unpaired) electrons. The molecule has 2 aromatic heterocycles. The fourth-order valence-electron chi connectivity index (χ4n) is 3.25. The van der Waals surface area contributed by atoms with Gasteiger partial charge >= 0.3 is 0 Å². The van der Waals surface area contributed by atoms with E-state index in [0.717, 1.165) is 24.1 Å². The number of nitrogen functional groups attached to an aromatic ring is 1. The van der Waals surface area contributed by atoms with Gasteiger partial charge in [-0.3, -0.25) is 4.79 Å². The van der Waals surface area contributed by atoms with Crippen LogP contribution in [0, 0.1) is 0 Å². The Labute approximate surface area is 154 Å². The summed E-state index contributed by atoms with van der Waals surface area (Å²) in [5.74, 6) is 0.958. The van der Waals surface area contributed by atoms with Crippen molar-refractivity contribution in [3.05, 3.63) is 46.8 Å². The highest BCUT2D eigenvalue weighted by Crippen LogP contribution is 2.35. The Morgan fingerprint density at radius 2 is 2.15 bits per heavy atom. The number of carbonyl (C=O) groups is 1. The Morgan fingerprint density at radius 3 is 2.92 bits per heavy atom. The first-order valence-electron chi connectivity index (χ1n) is 8.62. The van der Waals surface area contributed by atoms with Gasteiger partial charge in [0, 0.05) is 12.1 Å². The molecule has 0 aliphatic carbocycles. The first-order valence-corrected chi connectivity index (χ1v) is 9.44. The summed E-state index contributed by atoms with van der Waals surface area (Å²) in [6.07, 6.45) is 2.37. The number of anilines is 1. The Morgan fingerprint density at radius 1 is 1.35 bits per heavy atom. The number of likely N-dealkylation sites (tertiary alicyclic amines) is 1. The Kier molecular flexibility index (Phi) is 4.42. The van der Waals surface area contributed by atoms with Crippen LogP contribution in [0.15, 0.2) is 34.9 Å². The van der Waals surface area contributed by atoms with Crippen LogP contribution in [0.1, 0.15) is 47.1 Å². The number of nitrogens with zero attached hydrogens (tertiary/aromatic N) is 4. The van der Waals surface area contributed by atoms with Gasteiger partial charge in [-0.1, -0.05) is 53.7 Å². The molecule has 1 aromatic carbocycles. The molecule has 0 unspecified atom stereocenters. The quantitative estimate of drug-likeness (QED) is 0.757. The van der Waals surface area contributed by atoms with E-state index in [0.29, 0.717) is 34.7 Å². The smallest absolute Gasteiger partial charge is 0.266 e. The normalized spacial score (nSPS) is 17.0. The molecule has 3 heterocycles. The highest BCUT2D eigenvalue weighted by molar-refractivity contribution is 7.17. The van der Waals surface area contributed by atoms with Gasteiger partial charge in [0.2, 0.25) is 11.7 Å². The summed E-state index contributed by atoms with van der Waals surface area (Å²) in [7, 11) is 0. The van der Waals surface area contributed by atoms with E-state index < -0.39 is 0 Å². The summed E-state index contributed by atoms with van der Waals surface area (Å²) < 4.78 is 5.49. The van der Waals surface area contributed by atoms with Gasteiger partial charge in [-0.2, -0.15) is 4.98 Å². The number of benzene rings is 1. The van der Waals surface area contributed by atoms with Crippen molar-refractivity contribution in [1.29, 1.82) is 0 Å². The third-order valence-corrected chi connectivity index (χ3v) is 5.43. The molecule has 1 aliphatic rings. The van der Waals surface area contributed by atoms with Gasteiger partial charge in [-0.05, 0) is 19.3 Å². The Bertz CT molecular complexity index is 921. The zero-order valence-corrected chi connectivity index (χ0v) is 15.2. The van der Waals surface area contributed by atoms with Crippen LogP contribution in [0.3, 0.4) is 0 Å². The van der Waals surface area contributed by atoms with Crippen LogP contribution in [0.25, 0.3) is 11.4 Å². The molecule has 134 valence electrons. The highest BCUT2D eigenvalue weighted by Gasteiger charge is 2.36. The van der Waals surface area contributed by atoms with Crippen LogP contribution in [-0.2, 0) is 6.42 Å². The maximum absolute atomic E-state index is 13.1. The lowest BCUT2D eigenvalue weighted by atomic mass is 10.2. The molecule has 0 saturated carbocycles. The number of nitrogens with two attached hydrogens (primary N) is 1. The highest BCUT2D eigenvalue weighted by atomic mass is 32.1. The van der Waals surface area contributed by atoms with Gasteiger partial charge in [0.25, 0.3) is 5.91 Å². The Balaban J connectivity index is 1.61. The monoisotopic (exact) mass is 369 g/mol. The molecular formula is C18H19N5O2S. The topological polar surface area (TPSA) is 98.1 Å². The third kappa shape index (κ3) is 2.96. The molecule has 8 heteroatoms.